The average Bonchev–Trinajstić information content (AvgIpc) is 2.64. The van der Waals surface area contributed by atoms with E-state index in [1.165, 1.54) is 0 Å². The summed E-state index contributed by atoms with van der Waals surface area (Å²) >= 11 is 0. The van der Waals surface area contributed by atoms with Crippen molar-refractivity contribution >= 4 is 12.1 Å². The molecule has 0 radical (unpaired) electrons. The molecule has 0 aromatic heterocycles. The number of nitrogens with zero attached hydrogens (tertiary/aromatic N) is 1. The van der Waals surface area contributed by atoms with Gasteiger partial charge in [-0.3, -0.25) is 0 Å². The van der Waals surface area contributed by atoms with Crippen LogP contribution >= 0.6 is 0 Å². The summed E-state index contributed by atoms with van der Waals surface area (Å²) in [6.07, 6.45) is -5.29. The average molecular weight is 272 g/mol. The van der Waals surface area contributed by atoms with Crippen molar-refractivity contribution in [2.24, 2.45) is 11.7 Å². The molecule has 0 aliphatic carbocycles. The lowest BCUT2D eigenvalue weighted by Gasteiger charge is -2.16. The fourth-order valence-electron chi connectivity index (χ4n) is 1.04. The lowest BCUT2D eigenvalue weighted by Crippen LogP contribution is -2.32. The van der Waals surface area contributed by atoms with Crippen molar-refractivity contribution in [3.63, 3.8) is 0 Å². The number of alkyl halides is 3. The van der Waals surface area contributed by atoms with Gasteiger partial charge >= 0.3 is 18.2 Å². The molecule has 1 aliphatic heterocycles. The standard InChI is InChI=1S/C7H14N2O2.C2HF3O2/c1-6(4-8)5-9-2-3-11-7(9)10;3-2(4,5)1(6)7/h6H,2-5,8H2,1H3;(H,6,7). The number of carboxylic acid groups (broad SMARTS) is 1. The number of aliphatic carboxylic acids is 1. The number of hydrogen-bond acceptors (Lipinski definition) is 4. The molecule has 6 nitrogen and oxygen atoms in total. The van der Waals surface area contributed by atoms with E-state index in [2.05, 4.69) is 0 Å². The van der Waals surface area contributed by atoms with Crippen LogP contribution in [0.3, 0.4) is 0 Å². The van der Waals surface area contributed by atoms with Crippen LogP contribution in [-0.2, 0) is 9.53 Å². The Balaban J connectivity index is 0.000000360. The molecule has 1 heterocycles. The minimum Gasteiger partial charge on any atom is -0.475 e. The van der Waals surface area contributed by atoms with E-state index < -0.39 is 12.1 Å². The van der Waals surface area contributed by atoms with Gasteiger partial charge in [-0.1, -0.05) is 6.92 Å². The summed E-state index contributed by atoms with van der Waals surface area (Å²) in [5.41, 5.74) is 5.42. The van der Waals surface area contributed by atoms with Crippen molar-refractivity contribution in [3.05, 3.63) is 0 Å². The number of carboxylic acids is 1. The number of ether oxygens (including phenoxy) is 1. The zero-order valence-electron chi connectivity index (χ0n) is 9.74. The van der Waals surface area contributed by atoms with Crippen LogP contribution in [0.5, 0.6) is 0 Å². The highest BCUT2D eigenvalue weighted by atomic mass is 19.4. The van der Waals surface area contributed by atoms with Gasteiger partial charge in [-0.15, -0.1) is 0 Å². The maximum Gasteiger partial charge on any atom is 0.490 e. The van der Waals surface area contributed by atoms with Crippen LogP contribution in [-0.4, -0.2) is 54.5 Å². The van der Waals surface area contributed by atoms with Crippen molar-refractivity contribution in [2.75, 3.05) is 26.2 Å². The summed E-state index contributed by atoms with van der Waals surface area (Å²) in [6, 6.07) is 0. The van der Waals surface area contributed by atoms with Crippen LogP contribution in [0.25, 0.3) is 0 Å². The summed E-state index contributed by atoms with van der Waals surface area (Å²) in [4.78, 5) is 21.5. The van der Waals surface area contributed by atoms with E-state index in [0.717, 1.165) is 6.54 Å². The first-order valence-corrected chi connectivity index (χ1v) is 5.10. The summed E-state index contributed by atoms with van der Waals surface area (Å²) in [5.74, 6) is -2.40. The SMILES string of the molecule is CC(CN)CN1CCOC1=O.O=C(O)C(F)(F)F. The van der Waals surface area contributed by atoms with E-state index in [1.807, 2.05) is 6.92 Å². The summed E-state index contributed by atoms with van der Waals surface area (Å²) in [7, 11) is 0. The second-order valence-corrected chi connectivity index (χ2v) is 3.70. The van der Waals surface area contributed by atoms with E-state index in [0.29, 0.717) is 25.6 Å². The number of cyclic esters (lactones) is 1. The lowest BCUT2D eigenvalue weighted by molar-refractivity contribution is -0.192. The molecule has 1 fully saturated rings. The summed E-state index contributed by atoms with van der Waals surface area (Å²) < 4.78 is 36.5. The van der Waals surface area contributed by atoms with Crippen molar-refractivity contribution in [2.45, 2.75) is 13.1 Å². The van der Waals surface area contributed by atoms with Gasteiger partial charge < -0.3 is 20.5 Å². The second-order valence-electron chi connectivity index (χ2n) is 3.70. The van der Waals surface area contributed by atoms with Crippen LogP contribution in [0, 0.1) is 5.92 Å². The van der Waals surface area contributed by atoms with Crippen LogP contribution in [0.1, 0.15) is 6.92 Å². The van der Waals surface area contributed by atoms with E-state index in [4.69, 9.17) is 20.4 Å². The number of carbonyl (C=O) groups excluding carboxylic acids is 1. The zero-order chi connectivity index (χ0) is 14.3. The van der Waals surface area contributed by atoms with Gasteiger partial charge in [0.25, 0.3) is 0 Å². The van der Waals surface area contributed by atoms with E-state index >= 15 is 0 Å². The molecular weight excluding hydrogens is 257 g/mol. The summed E-state index contributed by atoms with van der Waals surface area (Å²) in [5, 5.41) is 7.12. The van der Waals surface area contributed by atoms with Crippen LogP contribution in [0.4, 0.5) is 18.0 Å². The minimum atomic E-state index is -5.08. The maximum atomic E-state index is 10.9. The Hall–Kier alpha value is -1.51. The molecule has 1 aliphatic rings. The zero-order valence-corrected chi connectivity index (χ0v) is 9.74. The minimum absolute atomic E-state index is 0.203. The highest BCUT2D eigenvalue weighted by Gasteiger charge is 2.38. The van der Waals surface area contributed by atoms with Crippen molar-refractivity contribution in [3.8, 4) is 0 Å². The molecule has 0 spiro atoms. The molecule has 0 bridgehead atoms. The lowest BCUT2D eigenvalue weighted by atomic mass is 10.2. The first-order valence-electron chi connectivity index (χ1n) is 5.10. The largest absolute Gasteiger partial charge is 0.490 e. The Labute approximate surface area is 101 Å². The fraction of sp³-hybridized carbons (Fsp3) is 0.778. The first kappa shape index (κ1) is 16.5. The Morgan fingerprint density at radius 3 is 2.39 bits per heavy atom. The van der Waals surface area contributed by atoms with Crippen molar-refractivity contribution in [1.29, 1.82) is 0 Å². The van der Waals surface area contributed by atoms with Crippen LogP contribution < -0.4 is 5.73 Å². The van der Waals surface area contributed by atoms with E-state index in [9.17, 15) is 18.0 Å². The number of carbonyl (C=O) groups is 2. The fourth-order valence-corrected chi connectivity index (χ4v) is 1.04. The Morgan fingerprint density at radius 1 is 1.61 bits per heavy atom. The normalized spacial score (nSPS) is 16.7. The topological polar surface area (TPSA) is 92.9 Å². The van der Waals surface area contributed by atoms with Gasteiger partial charge in [0, 0.05) is 6.54 Å². The number of amides is 1. The molecule has 1 saturated heterocycles. The third-order valence-corrected chi connectivity index (χ3v) is 2.02. The van der Waals surface area contributed by atoms with Gasteiger partial charge in [0.15, 0.2) is 0 Å². The molecule has 0 aromatic rings. The van der Waals surface area contributed by atoms with Gasteiger partial charge in [0.1, 0.15) is 6.61 Å². The predicted octanol–water partition coefficient (Wildman–Crippen LogP) is 0.667. The van der Waals surface area contributed by atoms with Crippen molar-refractivity contribution < 1.29 is 32.6 Å². The Bertz CT molecular complexity index is 296. The highest BCUT2D eigenvalue weighted by molar-refractivity contribution is 5.73. The monoisotopic (exact) mass is 272 g/mol. The smallest absolute Gasteiger partial charge is 0.475 e. The second kappa shape index (κ2) is 7.04. The molecule has 1 rings (SSSR count). The highest BCUT2D eigenvalue weighted by Crippen LogP contribution is 2.13. The Kier molecular flexibility index (Phi) is 6.45. The summed E-state index contributed by atoms with van der Waals surface area (Å²) in [6.45, 7) is 4.59. The number of halogens is 3. The molecule has 3 N–H and O–H groups in total. The van der Waals surface area contributed by atoms with Gasteiger partial charge in [-0.2, -0.15) is 13.2 Å². The molecule has 0 aromatic carbocycles. The molecule has 1 atom stereocenters. The maximum absolute atomic E-state index is 10.9. The van der Waals surface area contributed by atoms with Crippen LogP contribution in [0.2, 0.25) is 0 Å². The first-order chi connectivity index (χ1) is 8.18. The van der Waals surface area contributed by atoms with Gasteiger partial charge in [0.05, 0.1) is 6.54 Å². The molecule has 106 valence electrons. The third-order valence-electron chi connectivity index (χ3n) is 2.02. The van der Waals surface area contributed by atoms with E-state index in [1.54, 1.807) is 4.90 Å². The molecule has 0 saturated carbocycles. The molecule has 18 heavy (non-hydrogen) atoms. The van der Waals surface area contributed by atoms with Gasteiger partial charge in [-0.05, 0) is 12.5 Å². The molecular formula is C9H15F3N2O4. The van der Waals surface area contributed by atoms with Crippen molar-refractivity contribution in [1.82, 2.24) is 4.90 Å². The number of nitrogens with two attached hydrogens (primary N) is 1. The van der Waals surface area contributed by atoms with Crippen LogP contribution in [0.15, 0.2) is 0 Å². The van der Waals surface area contributed by atoms with E-state index in [-0.39, 0.29) is 6.09 Å². The third kappa shape index (κ3) is 6.28. The molecule has 1 amide bonds. The number of rotatable bonds is 3. The van der Waals surface area contributed by atoms with Gasteiger partial charge in [-0.25, -0.2) is 9.59 Å². The predicted molar refractivity (Wildman–Crippen MR) is 54.8 cm³/mol. The van der Waals surface area contributed by atoms with Gasteiger partial charge in [0.2, 0.25) is 0 Å². The molecule has 9 heteroatoms. The quantitative estimate of drug-likeness (QED) is 0.787. The number of hydrogen-bond donors (Lipinski definition) is 2. The molecule has 1 unspecified atom stereocenters. The Morgan fingerprint density at radius 2 is 2.11 bits per heavy atom.